The molecule has 6 nitrogen and oxygen atoms in total. The number of carboxylic acids is 1. The van der Waals surface area contributed by atoms with E-state index in [9.17, 15) is 4.79 Å². The number of aromatic nitrogens is 3. The first-order chi connectivity index (χ1) is 11.1. The zero-order chi connectivity index (χ0) is 16.4. The molecule has 0 aliphatic heterocycles. The van der Waals surface area contributed by atoms with Gasteiger partial charge in [-0.15, -0.1) is 0 Å². The van der Waals surface area contributed by atoms with Gasteiger partial charge in [0.1, 0.15) is 11.5 Å². The molecule has 0 aliphatic carbocycles. The number of carbonyl (C=O) groups is 1. The van der Waals surface area contributed by atoms with Crippen LogP contribution in [-0.2, 0) is 0 Å². The minimum atomic E-state index is -1.05. The van der Waals surface area contributed by atoms with Crippen molar-refractivity contribution in [2.24, 2.45) is 0 Å². The Balaban J connectivity index is 2.16. The van der Waals surface area contributed by atoms with Gasteiger partial charge in [-0.2, -0.15) is 5.10 Å². The number of rotatable bonds is 4. The van der Waals surface area contributed by atoms with Gasteiger partial charge in [0.2, 0.25) is 0 Å². The van der Waals surface area contributed by atoms with Crippen LogP contribution in [0.1, 0.15) is 16.1 Å². The SMILES string of the molecule is CNc1c(C)c(-c2ccnc(C(=O)O)c2)nn1-c1ccccc1. The van der Waals surface area contributed by atoms with E-state index in [1.807, 2.05) is 49.0 Å². The molecule has 1 aromatic carbocycles. The molecule has 3 rings (SSSR count). The van der Waals surface area contributed by atoms with Crippen LogP contribution in [0.15, 0.2) is 48.7 Å². The molecule has 0 spiro atoms. The molecule has 0 unspecified atom stereocenters. The predicted molar refractivity (Wildman–Crippen MR) is 88.0 cm³/mol. The highest BCUT2D eigenvalue weighted by Gasteiger charge is 2.17. The number of carboxylic acid groups (broad SMARTS) is 1. The molecule has 0 aliphatic rings. The van der Waals surface area contributed by atoms with Crippen molar-refractivity contribution in [3.8, 4) is 16.9 Å². The molecule has 0 fully saturated rings. The second-order valence-electron chi connectivity index (χ2n) is 5.05. The van der Waals surface area contributed by atoms with Gasteiger partial charge in [0, 0.05) is 24.4 Å². The van der Waals surface area contributed by atoms with Gasteiger partial charge < -0.3 is 10.4 Å². The molecule has 0 saturated heterocycles. The topological polar surface area (TPSA) is 80.0 Å². The maximum absolute atomic E-state index is 11.1. The highest BCUT2D eigenvalue weighted by atomic mass is 16.4. The molecule has 3 aromatic rings. The second-order valence-corrected chi connectivity index (χ2v) is 5.05. The molecule has 0 atom stereocenters. The summed E-state index contributed by atoms with van der Waals surface area (Å²) >= 11 is 0. The summed E-state index contributed by atoms with van der Waals surface area (Å²) in [7, 11) is 1.84. The van der Waals surface area contributed by atoms with E-state index in [2.05, 4.69) is 15.4 Å². The number of hydrogen-bond donors (Lipinski definition) is 2. The van der Waals surface area contributed by atoms with Crippen LogP contribution in [0.4, 0.5) is 5.82 Å². The summed E-state index contributed by atoms with van der Waals surface area (Å²) in [6, 6.07) is 13.1. The number of nitrogens with one attached hydrogen (secondary N) is 1. The number of nitrogens with zero attached hydrogens (tertiary/aromatic N) is 3. The molecule has 2 N–H and O–H groups in total. The fraction of sp³-hybridized carbons (Fsp3) is 0.118. The number of benzene rings is 1. The first-order valence-electron chi connectivity index (χ1n) is 7.14. The summed E-state index contributed by atoms with van der Waals surface area (Å²) in [5.74, 6) is -0.194. The van der Waals surface area contributed by atoms with Gasteiger partial charge in [-0.1, -0.05) is 18.2 Å². The molecule has 2 heterocycles. The first-order valence-corrected chi connectivity index (χ1v) is 7.14. The number of aromatic carboxylic acids is 1. The molecule has 0 radical (unpaired) electrons. The van der Waals surface area contributed by atoms with E-state index < -0.39 is 5.97 Å². The van der Waals surface area contributed by atoms with Crippen molar-refractivity contribution < 1.29 is 9.90 Å². The summed E-state index contributed by atoms with van der Waals surface area (Å²) in [6.45, 7) is 1.95. The standard InChI is InChI=1S/C17H16N4O2/c1-11-15(12-8-9-19-14(10-12)17(22)23)20-21(16(11)18-2)13-6-4-3-5-7-13/h3-10,18H,1-2H3,(H,22,23). The maximum atomic E-state index is 11.1. The average molecular weight is 308 g/mol. The Morgan fingerprint density at radius 3 is 2.61 bits per heavy atom. The van der Waals surface area contributed by atoms with Crippen molar-refractivity contribution in [3.63, 3.8) is 0 Å². The van der Waals surface area contributed by atoms with Crippen molar-refractivity contribution >= 4 is 11.8 Å². The summed E-state index contributed by atoms with van der Waals surface area (Å²) in [6.07, 6.45) is 1.48. The van der Waals surface area contributed by atoms with Gasteiger partial charge in [-0.3, -0.25) is 0 Å². The number of hydrogen-bond acceptors (Lipinski definition) is 4. The van der Waals surface area contributed by atoms with E-state index in [1.54, 1.807) is 6.07 Å². The number of anilines is 1. The van der Waals surface area contributed by atoms with Gasteiger partial charge >= 0.3 is 5.97 Å². The van der Waals surface area contributed by atoms with Crippen molar-refractivity contribution in [1.29, 1.82) is 0 Å². The van der Waals surface area contributed by atoms with Gasteiger partial charge in [0.05, 0.1) is 11.4 Å². The van der Waals surface area contributed by atoms with E-state index in [0.717, 1.165) is 28.3 Å². The molecule has 0 bridgehead atoms. The van der Waals surface area contributed by atoms with Gasteiger partial charge in [0.15, 0.2) is 0 Å². The van der Waals surface area contributed by atoms with Crippen LogP contribution in [0.5, 0.6) is 0 Å². The van der Waals surface area contributed by atoms with Crippen LogP contribution in [-0.4, -0.2) is 32.9 Å². The Labute approximate surface area is 133 Å². The molecule has 0 saturated carbocycles. The first kappa shape index (κ1) is 14.8. The predicted octanol–water partition coefficient (Wildman–Crippen LogP) is 2.98. The Morgan fingerprint density at radius 1 is 1.22 bits per heavy atom. The molecule has 2 aromatic heterocycles. The Kier molecular flexibility index (Phi) is 3.80. The normalized spacial score (nSPS) is 10.5. The van der Waals surface area contributed by atoms with Crippen molar-refractivity contribution in [2.75, 3.05) is 12.4 Å². The third kappa shape index (κ3) is 2.66. The molecule has 23 heavy (non-hydrogen) atoms. The lowest BCUT2D eigenvalue weighted by molar-refractivity contribution is 0.0690. The summed E-state index contributed by atoms with van der Waals surface area (Å²) in [4.78, 5) is 15.0. The molecular weight excluding hydrogens is 292 g/mol. The van der Waals surface area contributed by atoms with Crippen LogP contribution in [0.25, 0.3) is 16.9 Å². The lowest BCUT2D eigenvalue weighted by Gasteiger charge is -2.06. The van der Waals surface area contributed by atoms with Crippen LogP contribution in [0.2, 0.25) is 0 Å². The fourth-order valence-corrected chi connectivity index (χ4v) is 2.51. The largest absolute Gasteiger partial charge is 0.477 e. The maximum Gasteiger partial charge on any atom is 0.354 e. The van der Waals surface area contributed by atoms with E-state index >= 15 is 0 Å². The van der Waals surface area contributed by atoms with E-state index in [0.29, 0.717) is 0 Å². The van der Waals surface area contributed by atoms with Gasteiger partial charge in [-0.05, 0) is 31.2 Å². The molecule has 0 amide bonds. The summed E-state index contributed by atoms with van der Waals surface area (Å²) in [5.41, 5.74) is 3.32. The van der Waals surface area contributed by atoms with Crippen molar-refractivity contribution in [3.05, 3.63) is 59.9 Å². The Bertz CT molecular complexity index is 856. The third-order valence-corrected chi connectivity index (χ3v) is 3.61. The third-order valence-electron chi connectivity index (χ3n) is 3.61. The van der Waals surface area contributed by atoms with Gasteiger partial charge in [-0.25, -0.2) is 14.5 Å². The minimum absolute atomic E-state index is 0.00201. The van der Waals surface area contributed by atoms with E-state index in [-0.39, 0.29) is 5.69 Å². The lowest BCUT2D eigenvalue weighted by Crippen LogP contribution is -2.02. The average Bonchev–Trinajstić information content (AvgIpc) is 2.92. The minimum Gasteiger partial charge on any atom is -0.477 e. The zero-order valence-corrected chi connectivity index (χ0v) is 12.8. The zero-order valence-electron chi connectivity index (χ0n) is 12.8. The Hall–Kier alpha value is -3.15. The number of pyridine rings is 1. The lowest BCUT2D eigenvalue weighted by atomic mass is 10.1. The Morgan fingerprint density at radius 2 is 1.96 bits per heavy atom. The van der Waals surface area contributed by atoms with Crippen molar-refractivity contribution in [1.82, 2.24) is 14.8 Å². The second kappa shape index (κ2) is 5.92. The summed E-state index contributed by atoms with van der Waals surface area (Å²) in [5, 5.41) is 16.9. The van der Waals surface area contributed by atoms with Crippen molar-refractivity contribution in [2.45, 2.75) is 6.92 Å². The van der Waals surface area contributed by atoms with E-state index in [1.165, 1.54) is 12.3 Å². The summed E-state index contributed by atoms with van der Waals surface area (Å²) < 4.78 is 1.81. The van der Waals surface area contributed by atoms with Crippen LogP contribution in [0, 0.1) is 6.92 Å². The smallest absolute Gasteiger partial charge is 0.354 e. The quantitative estimate of drug-likeness (QED) is 0.774. The molecular formula is C17H16N4O2. The van der Waals surface area contributed by atoms with Crippen LogP contribution < -0.4 is 5.32 Å². The highest BCUT2D eigenvalue weighted by molar-refractivity contribution is 5.87. The highest BCUT2D eigenvalue weighted by Crippen LogP contribution is 2.30. The van der Waals surface area contributed by atoms with Crippen LogP contribution in [0.3, 0.4) is 0 Å². The van der Waals surface area contributed by atoms with Gasteiger partial charge in [0.25, 0.3) is 0 Å². The molecule has 116 valence electrons. The molecule has 6 heteroatoms. The number of para-hydroxylation sites is 1. The van der Waals surface area contributed by atoms with Crippen LogP contribution >= 0.6 is 0 Å². The fourth-order valence-electron chi connectivity index (χ4n) is 2.51. The monoisotopic (exact) mass is 308 g/mol. The van der Waals surface area contributed by atoms with E-state index in [4.69, 9.17) is 5.11 Å².